The average molecular weight is 246 g/mol. The maximum atomic E-state index is 9.30. The van der Waals surface area contributed by atoms with Crippen LogP contribution in [0.25, 0.3) is 0 Å². The number of fused-ring (bicyclic) bond motifs is 2. The van der Waals surface area contributed by atoms with Gasteiger partial charge in [0.15, 0.2) is 0 Å². The van der Waals surface area contributed by atoms with E-state index in [0.717, 1.165) is 11.7 Å². The Morgan fingerprint density at radius 1 is 1.17 bits per heavy atom. The highest BCUT2D eigenvalue weighted by Gasteiger charge is 2.62. The summed E-state index contributed by atoms with van der Waals surface area (Å²) in [7, 11) is 0. The maximum absolute atomic E-state index is 9.30. The Hall–Kier alpha value is -1.18. The highest BCUT2D eigenvalue weighted by Crippen LogP contribution is 2.66. The molecule has 2 saturated carbocycles. The minimum absolute atomic E-state index is 0.287. The Bertz CT molecular complexity index is 449. The van der Waals surface area contributed by atoms with Crippen molar-refractivity contribution in [3.63, 3.8) is 0 Å². The molecule has 2 aliphatic rings. The molecular weight excluding hydrogens is 224 g/mol. The van der Waals surface area contributed by atoms with Gasteiger partial charge in [-0.1, -0.05) is 20.8 Å². The van der Waals surface area contributed by atoms with E-state index in [1.54, 1.807) is 12.1 Å². The highest BCUT2D eigenvalue weighted by atomic mass is 16.5. The number of rotatable bonds is 2. The summed E-state index contributed by atoms with van der Waals surface area (Å²) < 4.78 is 6.19. The number of aromatic hydroxyl groups is 1. The third-order valence-corrected chi connectivity index (χ3v) is 5.83. The van der Waals surface area contributed by atoms with E-state index in [2.05, 4.69) is 20.8 Å². The van der Waals surface area contributed by atoms with Crippen LogP contribution >= 0.6 is 0 Å². The second-order valence-corrected chi connectivity index (χ2v) is 6.71. The molecule has 0 unspecified atom stereocenters. The summed E-state index contributed by atoms with van der Waals surface area (Å²) in [6, 6.07) is 7.10. The van der Waals surface area contributed by atoms with Crippen molar-refractivity contribution < 1.29 is 9.84 Å². The number of benzene rings is 1. The van der Waals surface area contributed by atoms with Crippen molar-refractivity contribution in [3.8, 4) is 11.5 Å². The lowest BCUT2D eigenvalue weighted by atomic mass is 9.70. The maximum Gasteiger partial charge on any atom is 0.120 e. The lowest BCUT2D eigenvalue weighted by Gasteiger charge is -2.38. The Morgan fingerprint density at radius 3 is 2.33 bits per heavy atom. The predicted molar refractivity (Wildman–Crippen MR) is 71.8 cm³/mol. The van der Waals surface area contributed by atoms with E-state index in [1.165, 1.54) is 19.3 Å². The minimum Gasteiger partial charge on any atom is -0.508 e. The Morgan fingerprint density at radius 2 is 1.83 bits per heavy atom. The summed E-state index contributed by atoms with van der Waals surface area (Å²) in [6.45, 7) is 7.17. The smallest absolute Gasteiger partial charge is 0.120 e. The quantitative estimate of drug-likeness (QED) is 0.855. The molecule has 2 heteroatoms. The Balaban J connectivity index is 1.81. The van der Waals surface area contributed by atoms with Crippen LogP contribution in [0.3, 0.4) is 0 Å². The number of phenols is 1. The molecule has 2 aliphatic carbocycles. The van der Waals surface area contributed by atoms with Gasteiger partial charge in [-0.25, -0.2) is 0 Å². The zero-order valence-electron chi connectivity index (χ0n) is 11.4. The molecule has 1 N–H and O–H groups in total. The van der Waals surface area contributed by atoms with Gasteiger partial charge in [0.2, 0.25) is 0 Å². The van der Waals surface area contributed by atoms with Crippen LogP contribution < -0.4 is 4.74 Å². The van der Waals surface area contributed by atoms with Crippen molar-refractivity contribution in [3.05, 3.63) is 24.3 Å². The fourth-order valence-electron chi connectivity index (χ4n) is 4.00. The fraction of sp³-hybridized carbons (Fsp3) is 0.625. The number of ether oxygens (including phenoxy) is 1. The number of hydrogen-bond donors (Lipinski definition) is 1. The third kappa shape index (κ3) is 1.47. The molecule has 3 atom stereocenters. The zero-order chi connectivity index (χ0) is 13.0. The van der Waals surface area contributed by atoms with Crippen molar-refractivity contribution in [1.82, 2.24) is 0 Å². The molecule has 0 aliphatic heterocycles. The van der Waals surface area contributed by atoms with Gasteiger partial charge in [-0.05, 0) is 54.9 Å². The van der Waals surface area contributed by atoms with Crippen LogP contribution in [0.1, 0.15) is 40.0 Å². The van der Waals surface area contributed by atoms with Crippen molar-refractivity contribution >= 4 is 0 Å². The first-order chi connectivity index (χ1) is 8.43. The van der Waals surface area contributed by atoms with Gasteiger partial charge in [0.25, 0.3) is 0 Å². The van der Waals surface area contributed by atoms with E-state index in [1.807, 2.05) is 12.1 Å². The van der Waals surface area contributed by atoms with Gasteiger partial charge in [-0.15, -0.1) is 0 Å². The first-order valence-corrected chi connectivity index (χ1v) is 6.89. The lowest BCUT2D eigenvalue weighted by molar-refractivity contribution is 0.0301. The highest BCUT2D eigenvalue weighted by molar-refractivity contribution is 5.30. The largest absolute Gasteiger partial charge is 0.508 e. The molecule has 0 heterocycles. The molecule has 18 heavy (non-hydrogen) atoms. The molecule has 0 radical (unpaired) electrons. The van der Waals surface area contributed by atoms with Crippen LogP contribution in [-0.2, 0) is 0 Å². The molecule has 1 aromatic carbocycles. The predicted octanol–water partition coefficient (Wildman–Crippen LogP) is 3.99. The summed E-state index contributed by atoms with van der Waals surface area (Å²) in [4.78, 5) is 0. The normalized spacial score (nSPS) is 36.8. The summed E-state index contributed by atoms with van der Waals surface area (Å²) in [6.07, 6.45) is 4.10. The Labute approximate surface area is 109 Å². The first kappa shape index (κ1) is 11.9. The molecule has 2 bridgehead atoms. The molecule has 0 aromatic heterocycles. The van der Waals surface area contributed by atoms with Crippen molar-refractivity contribution in [2.75, 3.05) is 0 Å². The van der Waals surface area contributed by atoms with Crippen LogP contribution in [0.2, 0.25) is 0 Å². The van der Waals surface area contributed by atoms with E-state index in [9.17, 15) is 5.11 Å². The molecular formula is C16H22O2. The monoisotopic (exact) mass is 246 g/mol. The van der Waals surface area contributed by atoms with E-state index in [-0.39, 0.29) is 5.41 Å². The van der Waals surface area contributed by atoms with Gasteiger partial charge >= 0.3 is 0 Å². The van der Waals surface area contributed by atoms with Gasteiger partial charge in [-0.3, -0.25) is 0 Å². The van der Waals surface area contributed by atoms with Crippen LogP contribution in [0.5, 0.6) is 11.5 Å². The van der Waals surface area contributed by atoms with Crippen LogP contribution in [0, 0.1) is 16.7 Å². The minimum atomic E-state index is 0.287. The first-order valence-electron chi connectivity index (χ1n) is 6.89. The number of hydrogen-bond acceptors (Lipinski definition) is 2. The summed E-state index contributed by atoms with van der Waals surface area (Å²) in [5, 5.41) is 9.30. The third-order valence-electron chi connectivity index (χ3n) is 5.83. The van der Waals surface area contributed by atoms with Crippen molar-refractivity contribution in [2.24, 2.45) is 16.7 Å². The van der Waals surface area contributed by atoms with E-state index < -0.39 is 0 Å². The van der Waals surface area contributed by atoms with Crippen molar-refractivity contribution in [2.45, 2.75) is 46.1 Å². The summed E-state index contributed by atoms with van der Waals surface area (Å²) in [5.74, 6) is 1.97. The van der Waals surface area contributed by atoms with E-state index in [0.29, 0.717) is 17.3 Å². The average Bonchev–Trinajstić information content (AvgIpc) is 2.65. The van der Waals surface area contributed by atoms with E-state index >= 15 is 0 Å². The topological polar surface area (TPSA) is 29.5 Å². The van der Waals surface area contributed by atoms with E-state index in [4.69, 9.17) is 4.74 Å². The molecule has 0 spiro atoms. The molecule has 0 amide bonds. The standard InChI is InChI=1S/C16H22O2/c1-15(2)11-8-9-16(15,3)14(10-11)18-13-6-4-12(17)5-7-13/h4-7,11,14,17H,8-10H2,1-3H3/t11-,14+,16+/m1/s1. The van der Waals surface area contributed by atoms with Crippen LogP contribution in [0.15, 0.2) is 24.3 Å². The van der Waals surface area contributed by atoms with Gasteiger partial charge in [0.05, 0.1) is 0 Å². The van der Waals surface area contributed by atoms with Crippen LogP contribution in [0.4, 0.5) is 0 Å². The summed E-state index contributed by atoms with van der Waals surface area (Å²) >= 11 is 0. The molecule has 0 saturated heterocycles. The molecule has 3 rings (SSSR count). The SMILES string of the molecule is CC1(C)[C@@H]2CC[C@@]1(C)[C@@H](Oc1ccc(O)cc1)C2. The molecule has 1 aromatic rings. The second-order valence-electron chi connectivity index (χ2n) is 6.71. The van der Waals surface area contributed by atoms with Crippen LogP contribution in [-0.4, -0.2) is 11.2 Å². The lowest BCUT2D eigenvalue weighted by Crippen LogP contribution is -2.38. The van der Waals surface area contributed by atoms with Crippen molar-refractivity contribution in [1.29, 1.82) is 0 Å². The summed E-state index contributed by atoms with van der Waals surface area (Å²) in [5.41, 5.74) is 0.671. The molecule has 2 nitrogen and oxygen atoms in total. The van der Waals surface area contributed by atoms with Gasteiger partial charge in [0, 0.05) is 5.41 Å². The molecule has 2 fully saturated rings. The Kier molecular flexibility index (Phi) is 2.42. The van der Waals surface area contributed by atoms with Gasteiger partial charge < -0.3 is 9.84 Å². The molecule has 98 valence electrons. The number of phenolic OH excluding ortho intramolecular Hbond substituents is 1. The van der Waals surface area contributed by atoms with Gasteiger partial charge in [0.1, 0.15) is 17.6 Å². The zero-order valence-corrected chi connectivity index (χ0v) is 11.4. The van der Waals surface area contributed by atoms with Gasteiger partial charge in [-0.2, -0.15) is 0 Å². The second kappa shape index (κ2) is 3.66. The fourth-order valence-corrected chi connectivity index (χ4v) is 4.00.